The fourth-order valence-corrected chi connectivity index (χ4v) is 4.23. The summed E-state index contributed by atoms with van der Waals surface area (Å²) in [6, 6.07) is 4.50. The number of nitrogens with zero attached hydrogens (tertiary/aromatic N) is 9. The van der Waals surface area contributed by atoms with E-state index in [1.54, 1.807) is 33.9 Å². The predicted molar refractivity (Wildman–Crippen MR) is 130 cm³/mol. The molecule has 1 aliphatic rings. The fraction of sp³-hybridized carbons (Fsp3) is 0.333. The average molecular weight is 485 g/mol. The lowest BCUT2D eigenvalue weighted by Gasteiger charge is -2.31. The van der Waals surface area contributed by atoms with Crippen LogP contribution >= 0.6 is 0 Å². The number of anilines is 2. The molecule has 6 heterocycles. The summed E-state index contributed by atoms with van der Waals surface area (Å²) in [4.78, 5) is 13.2. The van der Waals surface area contributed by atoms with Gasteiger partial charge in [0, 0.05) is 36.6 Å². The summed E-state index contributed by atoms with van der Waals surface area (Å²) >= 11 is 0. The summed E-state index contributed by atoms with van der Waals surface area (Å²) in [5.74, 6) is 1.96. The number of hydrogen-bond donors (Lipinski definition) is 1. The first-order valence-corrected chi connectivity index (χ1v) is 11.5. The van der Waals surface area contributed by atoms with Gasteiger partial charge < -0.3 is 19.4 Å². The molecule has 1 aliphatic heterocycles. The summed E-state index contributed by atoms with van der Waals surface area (Å²) in [5, 5.41) is 22.4. The first kappa shape index (κ1) is 22.0. The standard InChI is InChI=1S/C24H24N10O2/c1-24(2,3)19-7-20(31-34(19)14-12-35-13-14)29-23-30-22-21(32(23)4)15(8-25)17(10-27-22)36-18-11-28-33-6-5-26-9-16(18)33/h5-7,9-11,14H,12-13H2,1-4H3,(H,27,29,30,31). The van der Waals surface area contributed by atoms with E-state index in [0.717, 1.165) is 5.69 Å². The number of nitrogens with one attached hydrogen (secondary N) is 1. The fourth-order valence-electron chi connectivity index (χ4n) is 4.23. The van der Waals surface area contributed by atoms with Crippen LogP contribution in [0, 0.1) is 11.3 Å². The van der Waals surface area contributed by atoms with E-state index < -0.39 is 0 Å². The van der Waals surface area contributed by atoms with Gasteiger partial charge in [-0.2, -0.15) is 20.4 Å². The molecule has 0 bridgehead atoms. The average Bonchev–Trinajstić information content (AvgIpc) is 3.50. The minimum absolute atomic E-state index is 0.0930. The van der Waals surface area contributed by atoms with Crippen LogP contribution in [0.3, 0.4) is 0 Å². The Hall–Kier alpha value is -4.50. The van der Waals surface area contributed by atoms with Crippen LogP contribution in [-0.4, -0.2) is 52.1 Å². The van der Waals surface area contributed by atoms with Crippen molar-refractivity contribution in [2.45, 2.75) is 32.2 Å². The van der Waals surface area contributed by atoms with Crippen LogP contribution in [0.2, 0.25) is 0 Å². The van der Waals surface area contributed by atoms with Gasteiger partial charge in [0.05, 0.1) is 37.8 Å². The SMILES string of the molecule is Cn1c(Nc2cc(C(C)(C)C)n(C3COC3)n2)nc2ncc(Oc3cnn4ccncc34)c(C#N)c21. The highest BCUT2D eigenvalue weighted by Crippen LogP contribution is 2.34. The molecule has 12 heteroatoms. The number of pyridine rings is 1. The Morgan fingerprint density at radius 2 is 2.03 bits per heavy atom. The number of aromatic nitrogens is 8. The number of nitriles is 1. The van der Waals surface area contributed by atoms with Crippen molar-refractivity contribution in [1.29, 1.82) is 5.26 Å². The molecule has 182 valence electrons. The van der Waals surface area contributed by atoms with Gasteiger partial charge >= 0.3 is 0 Å². The summed E-state index contributed by atoms with van der Waals surface area (Å²) in [6.07, 6.45) is 8.08. The van der Waals surface area contributed by atoms with Gasteiger partial charge in [0.15, 0.2) is 23.0 Å². The van der Waals surface area contributed by atoms with E-state index >= 15 is 0 Å². The van der Waals surface area contributed by atoms with E-state index in [4.69, 9.17) is 14.6 Å². The third-order valence-electron chi connectivity index (χ3n) is 6.20. The lowest BCUT2D eigenvalue weighted by atomic mass is 9.91. The Balaban J connectivity index is 1.37. The lowest BCUT2D eigenvalue weighted by Crippen LogP contribution is -2.34. The smallest absolute Gasteiger partial charge is 0.210 e. The quantitative estimate of drug-likeness (QED) is 0.398. The van der Waals surface area contributed by atoms with E-state index in [9.17, 15) is 5.26 Å². The van der Waals surface area contributed by atoms with Gasteiger partial charge in [0.25, 0.3) is 0 Å². The maximum atomic E-state index is 10.0. The molecule has 1 fully saturated rings. The summed E-state index contributed by atoms with van der Waals surface area (Å²) in [7, 11) is 1.82. The predicted octanol–water partition coefficient (Wildman–Crippen LogP) is 3.48. The van der Waals surface area contributed by atoms with E-state index in [1.807, 2.05) is 17.8 Å². The molecule has 0 unspecified atom stereocenters. The minimum atomic E-state index is -0.0930. The van der Waals surface area contributed by atoms with Crippen LogP contribution in [0.15, 0.2) is 37.1 Å². The Bertz CT molecular complexity index is 1650. The second-order valence-corrected chi connectivity index (χ2v) is 9.72. The Kier molecular flexibility index (Phi) is 4.90. The zero-order chi connectivity index (χ0) is 25.0. The second-order valence-electron chi connectivity index (χ2n) is 9.72. The number of imidazole rings is 1. The number of ether oxygens (including phenoxy) is 2. The van der Waals surface area contributed by atoms with Crippen molar-refractivity contribution < 1.29 is 9.47 Å². The Morgan fingerprint density at radius 3 is 2.75 bits per heavy atom. The van der Waals surface area contributed by atoms with Crippen molar-refractivity contribution >= 4 is 28.4 Å². The van der Waals surface area contributed by atoms with Crippen LogP contribution in [0.1, 0.15) is 38.1 Å². The first-order chi connectivity index (χ1) is 17.3. The van der Waals surface area contributed by atoms with Gasteiger partial charge in [-0.25, -0.2) is 9.50 Å². The molecule has 5 aromatic rings. The lowest BCUT2D eigenvalue weighted by molar-refractivity contribution is -0.0306. The molecule has 12 nitrogen and oxygen atoms in total. The molecule has 36 heavy (non-hydrogen) atoms. The number of fused-ring (bicyclic) bond motifs is 2. The highest BCUT2D eigenvalue weighted by molar-refractivity contribution is 5.84. The van der Waals surface area contributed by atoms with Crippen molar-refractivity contribution in [3.63, 3.8) is 0 Å². The van der Waals surface area contributed by atoms with Gasteiger partial charge in [0.1, 0.15) is 22.7 Å². The molecule has 0 atom stereocenters. The summed E-state index contributed by atoms with van der Waals surface area (Å²) < 4.78 is 16.9. The number of hydrogen-bond acceptors (Lipinski definition) is 9. The first-order valence-electron chi connectivity index (χ1n) is 11.5. The van der Waals surface area contributed by atoms with Gasteiger partial charge in [-0.1, -0.05) is 20.8 Å². The minimum Gasteiger partial charge on any atom is -0.450 e. The van der Waals surface area contributed by atoms with Crippen LogP contribution < -0.4 is 10.1 Å². The van der Waals surface area contributed by atoms with Crippen LogP contribution in [0.4, 0.5) is 11.8 Å². The van der Waals surface area contributed by atoms with Gasteiger partial charge in [-0.3, -0.25) is 9.67 Å². The van der Waals surface area contributed by atoms with Crippen LogP contribution in [-0.2, 0) is 17.2 Å². The second kappa shape index (κ2) is 8.03. The highest BCUT2D eigenvalue weighted by Gasteiger charge is 2.30. The van der Waals surface area contributed by atoms with Gasteiger partial charge in [-0.05, 0) is 0 Å². The van der Waals surface area contributed by atoms with Crippen LogP contribution in [0.25, 0.3) is 16.7 Å². The van der Waals surface area contributed by atoms with Crippen molar-refractivity contribution in [1.82, 2.24) is 38.9 Å². The van der Waals surface area contributed by atoms with Crippen molar-refractivity contribution in [3.8, 4) is 17.6 Å². The summed E-state index contributed by atoms with van der Waals surface area (Å²) in [5.41, 5.74) is 2.98. The molecule has 5 aromatic heterocycles. The van der Waals surface area contributed by atoms with E-state index in [1.165, 1.54) is 6.20 Å². The maximum absolute atomic E-state index is 10.0. The molecular formula is C24H24N10O2. The van der Waals surface area contributed by atoms with Gasteiger partial charge in [0.2, 0.25) is 5.95 Å². The Labute approximate surface area is 206 Å². The molecule has 0 spiro atoms. The van der Waals surface area contributed by atoms with Crippen molar-refractivity contribution in [2.75, 3.05) is 18.5 Å². The molecular weight excluding hydrogens is 460 g/mol. The zero-order valence-electron chi connectivity index (χ0n) is 20.3. The highest BCUT2D eigenvalue weighted by atomic mass is 16.5. The van der Waals surface area contributed by atoms with Gasteiger partial charge in [-0.15, -0.1) is 0 Å². The largest absolute Gasteiger partial charge is 0.450 e. The molecule has 0 saturated carbocycles. The molecule has 6 rings (SSSR count). The molecule has 0 amide bonds. The number of aryl methyl sites for hydroxylation is 1. The van der Waals surface area contributed by atoms with Crippen LogP contribution in [0.5, 0.6) is 11.5 Å². The van der Waals surface area contributed by atoms with Crippen molar-refractivity contribution in [2.24, 2.45) is 7.05 Å². The summed E-state index contributed by atoms with van der Waals surface area (Å²) in [6.45, 7) is 7.77. The maximum Gasteiger partial charge on any atom is 0.210 e. The van der Waals surface area contributed by atoms with E-state index in [2.05, 4.69) is 52.2 Å². The molecule has 1 saturated heterocycles. The van der Waals surface area contributed by atoms with E-state index in [0.29, 0.717) is 58.7 Å². The monoisotopic (exact) mass is 484 g/mol. The zero-order valence-corrected chi connectivity index (χ0v) is 20.3. The third-order valence-corrected chi connectivity index (χ3v) is 6.20. The van der Waals surface area contributed by atoms with E-state index in [-0.39, 0.29) is 11.5 Å². The normalized spacial score (nSPS) is 14.2. The van der Waals surface area contributed by atoms with Crippen molar-refractivity contribution in [3.05, 3.63) is 48.3 Å². The Morgan fingerprint density at radius 1 is 1.19 bits per heavy atom. The molecule has 0 aliphatic carbocycles. The topological polar surface area (TPSA) is 133 Å². The molecule has 1 N–H and O–H groups in total. The molecule has 0 radical (unpaired) electrons. The molecule has 0 aromatic carbocycles. The third kappa shape index (κ3) is 3.52. The number of rotatable bonds is 5.